The number of ether oxygens (including phenoxy) is 1. The van der Waals surface area contributed by atoms with Gasteiger partial charge in [-0.1, -0.05) is 36.4 Å². The Morgan fingerprint density at radius 1 is 1.00 bits per heavy atom. The Balaban J connectivity index is 1.59. The van der Waals surface area contributed by atoms with Crippen LogP contribution in [0.4, 0.5) is 5.69 Å². The predicted molar refractivity (Wildman–Crippen MR) is 77.1 cm³/mol. The maximum absolute atomic E-state index is 11.4. The monoisotopic (exact) mass is 265 g/mol. The Morgan fingerprint density at radius 2 is 1.80 bits per heavy atom. The summed E-state index contributed by atoms with van der Waals surface area (Å²) in [5.41, 5.74) is 3.48. The van der Waals surface area contributed by atoms with E-state index in [2.05, 4.69) is 41.7 Å². The molecule has 2 aromatic carbocycles. The van der Waals surface area contributed by atoms with Gasteiger partial charge in [0.05, 0.1) is 5.69 Å². The number of nitrogens with one attached hydrogen (secondary N) is 1. The second-order valence-electron chi connectivity index (χ2n) is 5.45. The number of amides is 1. The zero-order valence-electron chi connectivity index (χ0n) is 11.0. The largest absolute Gasteiger partial charge is 0.482 e. The summed E-state index contributed by atoms with van der Waals surface area (Å²) in [4.78, 5) is 11.4. The Kier molecular flexibility index (Phi) is 2.52. The van der Waals surface area contributed by atoms with Crippen LogP contribution >= 0.6 is 0 Å². The van der Waals surface area contributed by atoms with Gasteiger partial charge in [0.25, 0.3) is 5.91 Å². The maximum atomic E-state index is 11.4. The van der Waals surface area contributed by atoms with Gasteiger partial charge in [-0.05, 0) is 41.5 Å². The minimum Gasteiger partial charge on any atom is -0.482 e. The zero-order valence-corrected chi connectivity index (χ0v) is 11.0. The molecule has 3 heteroatoms. The van der Waals surface area contributed by atoms with E-state index in [1.54, 1.807) is 0 Å². The van der Waals surface area contributed by atoms with Crippen LogP contribution in [0.25, 0.3) is 0 Å². The van der Waals surface area contributed by atoms with Crippen molar-refractivity contribution in [1.29, 1.82) is 0 Å². The standard InChI is InChI=1S/C17H15NO2/c19-17-10-20-16-7-6-12(8-15(16)18-17)14-9-13(14)11-4-2-1-3-5-11/h1-8,13-14H,9-10H2,(H,18,19). The zero-order chi connectivity index (χ0) is 13.5. The lowest BCUT2D eigenvalue weighted by Gasteiger charge is -2.18. The average molecular weight is 265 g/mol. The van der Waals surface area contributed by atoms with E-state index in [4.69, 9.17) is 4.74 Å². The molecule has 1 aliphatic carbocycles. The van der Waals surface area contributed by atoms with Gasteiger partial charge in [0.1, 0.15) is 5.75 Å². The molecule has 1 amide bonds. The molecule has 1 N–H and O–H groups in total. The molecule has 0 bridgehead atoms. The lowest BCUT2D eigenvalue weighted by atomic mass is 10.0. The number of carbonyl (C=O) groups is 1. The summed E-state index contributed by atoms with van der Waals surface area (Å²) in [6.07, 6.45) is 1.18. The van der Waals surface area contributed by atoms with Crippen LogP contribution in [0.5, 0.6) is 5.75 Å². The van der Waals surface area contributed by atoms with Crippen molar-refractivity contribution in [3.8, 4) is 5.75 Å². The molecule has 1 aliphatic heterocycles. The summed E-state index contributed by atoms with van der Waals surface area (Å²) in [6, 6.07) is 16.7. The normalized spacial score (nSPS) is 23.5. The SMILES string of the molecule is O=C1COc2ccc(C3CC3c3ccccc3)cc2N1. The summed E-state index contributed by atoms with van der Waals surface area (Å²) in [6.45, 7) is 0.114. The second kappa shape index (κ2) is 4.37. The van der Waals surface area contributed by atoms with Gasteiger partial charge in [0.2, 0.25) is 0 Å². The summed E-state index contributed by atoms with van der Waals surface area (Å²) in [5, 5.41) is 2.87. The van der Waals surface area contributed by atoms with Crippen molar-refractivity contribution >= 4 is 11.6 Å². The van der Waals surface area contributed by atoms with Crippen LogP contribution < -0.4 is 10.1 Å². The second-order valence-corrected chi connectivity index (χ2v) is 5.45. The van der Waals surface area contributed by atoms with Gasteiger partial charge >= 0.3 is 0 Å². The van der Waals surface area contributed by atoms with E-state index in [1.165, 1.54) is 17.5 Å². The molecule has 2 atom stereocenters. The lowest BCUT2D eigenvalue weighted by Crippen LogP contribution is -2.25. The van der Waals surface area contributed by atoms with E-state index >= 15 is 0 Å². The molecule has 2 aromatic rings. The number of carbonyl (C=O) groups excluding carboxylic acids is 1. The Hall–Kier alpha value is -2.29. The molecule has 2 aliphatic rings. The van der Waals surface area contributed by atoms with Gasteiger partial charge in [0.15, 0.2) is 6.61 Å². The third-order valence-corrected chi connectivity index (χ3v) is 4.08. The van der Waals surface area contributed by atoms with Crippen LogP contribution in [0.15, 0.2) is 48.5 Å². The summed E-state index contributed by atoms with van der Waals surface area (Å²) in [7, 11) is 0. The molecule has 20 heavy (non-hydrogen) atoms. The first-order valence-electron chi connectivity index (χ1n) is 6.93. The van der Waals surface area contributed by atoms with Crippen molar-refractivity contribution < 1.29 is 9.53 Å². The van der Waals surface area contributed by atoms with E-state index in [0.29, 0.717) is 11.8 Å². The third kappa shape index (κ3) is 1.95. The summed E-state index contributed by atoms with van der Waals surface area (Å²) < 4.78 is 5.39. The smallest absolute Gasteiger partial charge is 0.262 e. The highest BCUT2D eigenvalue weighted by atomic mass is 16.5. The van der Waals surface area contributed by atoms with E-state index in [-0.39, 0.29) is 12.5 Å². The van der Waals surface area contributed by atoms with E-state index < -0.39 is 0 Å². The molecule has 0 saturated heterocycles. The minimum absolute atomic E-state index is 0.0787. The fraction of sp³-hybridized carbons (Fsp3) is 0.235. The van der Waals surface area contributed by atoms with E-state index in [1.807, 2.05) is 12.1 Å². The Morgan fingerprint density at radius 3 is 2.65 bits per heavy atom. The number of hydrogen-bond acceptors (Lipinski definition) is 2. The van der Waals surface area contributed by atoms with E-state index in [0.717, 1.165) is 11.4 Å². The van der Waals surface area contributed by atoms with Crippen LogP contribution in [0.2, 0.25) is 0 Å². The average Bonchev–Trinajstić information content (AvgIpc) is 3.28. The Labute approximate surface area is 117 Å². The van der Waals surface area contributed by atoms with Crippen molar-refractivity contribution in [3.63, 3.8) is 0 Å². The van der Waals surface area contributed by atoms with Gasteiger partial charge in [-0.3, -0.25) is 4.79 Å². The number of hydrogen-bond donors (Lipinski definition) is 1. The number of benzene rings is 2. The van der Waals surface area contributed by atoms with Crippen molar-refractivity contribution in [2.24, 2.45) is 0 Å². The van der Waals surface area contributed by atoms with Crippen LogP contribution in [0.1, 0.15) is 29.4 Å². The molecule has 100 valence electrons. The fourth-order valence-electron chi connectivity index (χ4n) is 2.96. The first kappa shape index (κ1) is 11.5. The molecule has 4 rings (SSSR count). The van der Waals surface area contributed by atoms with E-state index in [9.17, 15) is 4.79 Å². The number of fused-ring (bicyclic) bond motifs is 1. The molecule has 0 aromatic heterocycles. The molecule has 3 nitrogen and oxygen atoms in total. The first-order valence-corrected chi connectivity index (χ1v) is 6.93. The number of rotatable bonds is 2. The topological polar surface area (TPSA) is 38.3 Å². The molecule has 1 saturated carbocycles. The van der Waals surface area contributed by atoms with Crippen molar-refractivity contribution in [3.05, 3.63) is 59.7 Å². The van der Waals surface area contributed by atoms with Crippen molar-refractivity contribution in [1.82, 2.24) is 0 Å². The molecule has 1 fully saturated rings. The Bertz CT molecular complexity index is 666. The third-order valence-electron chi connectivity index (χ3n) is 4.08. The van der Waals surface area contributed by atoms with Crippen molar-refractivity contribution in [2.75, 3.05) is 11.9 Å². The van der Waals surface area contributed by atoms with Crippen molar-refractivity contribution in [2.45, 2.75) is 18.3 Å². The van der Waals surface area contributed by atoms with Crippen LogP contribution in [-0.2, 0) is 4.79 Å². The van der Waals surface area contributed by atoms with Gasteiger partial charge in [0, 0.05) is 0 Å². The fourth-order valence-corrected chi connectivity index (χ4v) is 2.96. The van der Waals surface area contributed by atoms with Gasteiger partial charge in [-0.15, -0.1) is 0 Å². The molecule has 0 radical (unpaired) electrons. The van der Waals surface area contributed by atoms with Crippen LogP contribution in [-0.4, -0.2) is 12.5 Å². The minimum atomic E-state index is -0.0787. The first-order chi connectivity index (χ1) is 9.81. The highest BCUT2D eigenvalue weighted by Crippen LogP contribution is 2.55. The highest BCUT2D eigenvalue weighted by Gasteiger charge is 2.39. The summed E-state index contributed by atoms with van der Waals surface area (Å²) in [5.74, 6) is 1.85. The lowest BCUT2D eigenvalue weighted by molar-refractivity contribution is -0.118. The quantitative estimate of drug-likeness (QED) is 0.904. The van der Waals surface area contributed by atoms with Gasteiger partial charge < -0.3 is 10.1 Å². The predicted octanol–water partition coefficient (Wildman–Crippen LogP) is 3.29. The highest BCUT2D eigenvalue weighted by molar-refractivity contribution is 5.95. The summed E-state index contributed by atoms with van der Waals surface area (Å²) >= 11 is 0. The van der Waals surface area contributed by atoms with Gasteiger partial charge in [-0.25, -0.2) is 0 Å². The molecule has 2 unspecified atom stereocenters. The molecular formula is C17H15NO2. The van der Waals surface area contributed by atoms with Crippen LogP contribution in [0.3, 0.4) is 0 Å². The van der Waals surface area contributed by atoms with Gasteiger partial charge in [-0.2, -0.15) is 0 Å². The molecular weight excluding hydrogens is 250 g/mol. The van der Waals surface area contributed by atoms with Crippen LogP contribution in [0, 0.1) is 0 Å². The molecule has 1 heterocycles. The molecule has 0 spiro atoms. The maximum Gasteiger partial charge on any atom is 0.262 e. The number of anilines is 1.